The molecule has 1 aromatic heterocycles. The molecule has 10 heteroatoms. The topological polar surface area (TPSA) is 71.5 Å². The molecular weight excluding hydrogens is 411 g/mol. The van der Waals surface area contributed by atoms with Crippen LogP contribution in [0, 0.1) is 17.2 Å². The maximum absolute atomic E-state index is 13.9. The van der Waals surface area contributed by atoms with Gasteiger partial charge in [-0.2, -0.15) is 17.6 Å². The number of halogens is 5. The summed E-state index contributed by atoms with van der Waals surface area (Å²) in [5, 5.41) is 12.5. The van der Waals surface area contributed by atoms with Gasteiger partial charge in [-0.25, -0.2) is 9.37 Å². The van der Waals surface area contributed by atoms with Crippen molar-refractivity contribution in [3.63, 3.8) is 0 Å². The van der Waals surface area contributed by atoms with Crippen molar-refractivity contribution in [3.05, 3.63) is 59.4 Å². The second-order valence-corrected chi connectivity index (χ2v) is 7.64. The van der Waals surface area contributed by atoms with Crippen LogP contribution >= 0.6 is 0 Å². The first-order chi connectivity index (χ1) is 14.1. The fourth-order valence-electron chi connectivity index (χ4n) is 4.26. The SMILES string of the molecule is O=C(Nc1ccc(C(F)(F)F)c(F)c1)[C@@]1(Cc2ccnc(F)c2)C[C@H]2O[C@@H]1C[C@@H]2O. The van der Waals surface area contributed by atoms with Gasteiger partial charge in [-0.3, -0.25) is 4.79 Å². The first kappa shape index (κ1) is 20.7. The lowest BCUT2D eigenvalue weighted by molar-refractivity contribution is -0.140. The lowest BCUT2D eigenvalue weighted by Crippen LogP contribution is -2.48. The number of hydrogen-bond donors (Lipinski definition) is 2. The summed E-state index contributed by atoms with van der Waals surface area (Å²) < 4.78 is 71.4. The van der Waals surface area contributed by atoms with Gasteiger partial charge in [0.2, 0.25) is 11.9 Å². The zero-order valence-corrected chi connectivity index (χ0v) is 15.4. The summed E-state index contributed by atoms with van der Waals surface area (Å²) in [5.41, 5.74) is -2.30. The molecule has 0 aliphatic carbocycles. The highest BCUT2D eigenvalue weighted by molar-refractivity contribution is 5.96. The summed E-state index contributed by atoms with van der Waals surface area (Å²) in [6.07, 6.45) is -5.21. The fraction of sp³-hybridized carbons (Fsp3) is 0.400. The number of alkyl halides is 3. The molecule has 0 spiro atoms. The third kappa shape index (κ3) is 3.65. The van der Waals surface area contributed by atoms with E-state index in [9.17, 15) is 31.9 Å². The van der Waals surface area contributed by atoms with Crippen LogP contribution in [0.2, 0.25) is 0 Å². The summed E-state index contributed by atoms with van der Waals surface area (Å²) in [6, 6.07) is 4.83. The Bertz CT molecular complexity index is 981. The van der Waals surface area contributed by atoms with E-state index in [2.05, 4.69) is 10.3 Å². The number of carbonyl (C=O) groups excluding carboxylic acids is 1. The predicted molar refractivity (Wildman–Crippen MR) is 94.3 cm³/mol. The van der Waals surface area contributed by atoms with Crippen molar-refractivity contribution in [2.24, 2.45) is 5.41 Å². The van der Waals surface area contributed by atoms with Gasteiger partial charge in [0.25, 0.3) is 0 Å². The van der Waals surface area contributed by atoms with Crippen molar-refractivity contribution in [2.75, 3.05) is 5.32 Å². The lowest BCUT2D eigenvalue weighted by Gasteiger charge is -2.35. The Morgan fingerprint density at radius 2 is 2.03 bits per heavy atom. The Balaban J connectivity index is 1.62. The van der Waals surface area contributed by atoms with E-state index < -0.39 is 53.1 Å². The Labute approximate surface area is 167 Å². The van der Waals surface area contributed by atoms with Crippen molar-refractivity contribution < 1.29 is 36.6 Å². The molecule has 2 fully saturated rings. The van der Waals surface area contributed by atoms with Gasteiger partial charge in [-0.1, -0.05) is 0 Å². The molecule has 5 nitrogen and oxygen atoms in total. The van der Waals surface area contributed by atoms with Gasteiger partial charge in [0.15, 0.2) is 0 Å². The quantitative estimate of drug-likeness (QED) is 0.578. The van der Waals surface area contributed by atoms with Crippen LogP contribution in [0.3, 0.4) is 0 Å². The number of nitrogens with zero attached hydrogens (tertiary/aromatic N) is 1. The largest absolute Gasteiger partial charge is 0.419 e. The summed E-state index contributed by atoms with van der Waals surface area (Å²) >= 11 is 0. The summed E-state index contributed by atoms with van der Waals surface area (Å²) in [6.45, 7) is 0. The van der Waals surface area contributed by atoms with Crippen molar-refractivity contribution in [3.8, 4) is 0 Å². The fourth-order valence-corrected chi connectivity index (χ4v) is 4.26. The number of ether oxygens (including phenoxy) is 1. The van der Waals surface area contributed by atoms with Gasteiger partial charge in [0, 0.05) is 18.3 Å². The number of pyridine rings is 1. The molecule has 1 amide bonds. The molecule has 0 radical (unpaired) electrons. The highest BCUT2D eigenvalue weighted by atomic mass is 19.4. The first-order valence-electron chi connectivity index (χ1n) is 9.21. The van der Waals surface area contributed by atoms with E-state index in [4.69, 9.17) is 4.74 Å². The number of fused-ring (bicyclic) bond motifs is 2. The monoisotopic (exact) mass is 428 g/mol. The number of nitrogens with one attached hydrogen (secondary N) is 1. The number of hydrogen-bond acceptors (Lipinski definition) is 4. The minimum atomic E-state index is -4.85. The molecule has 1 aromatic carbocycles. The smallest absolute Gasteiger partial charge is 0.390 e. The number of amides is 1. The van der Waals surface area contributed by atoms with Crippen molar-refractivity contribution >= 4 is 11.6 Å². The number of aliphatic hydroxyl groups is 1. The van der Waals surface area contributed by atoms with Gasteiger partial charge in [0.05, 0.1) is 29.3 Å². The molecule has 2 aliphatic heterocycles. The van der Waals surface area contributed by atoms with Gasteiger partial charge >= 0.3 is 6.18 Å². The van der Waals surface area contributed by atoms with Crippen LogP contribution in [0.4, 0.5) is 27.6 Å². The van der Waals surface area contributed by atoms with Gasteiger partial charge in [-0.15, -0.1) is 0 Å². The molecule has 2 saturated heterocycles. The molecule has 30 heavy (non-hydrogen) atoms. The molecular formula is C20H17F5N2O3. The maximum Gasteiger partial charge on any atom is 0.419 e. The third-order valence-electron chi connectivity index (χ3n) is 5.70. The first-order valence-corrected chi connectivity index (χ1v) is 9.21. The van der Waals surface area contributed by atoms with Crippen LogP contribution in [0.1, 0.15) is 24.0 Å². The second-order valence-electron chi connectivity index (χ2n) is 7.64. The summed E-state index contributed by atoms with van der Waals surface area (Å²) in [7, 11) is 0. The van der Waals surface area contributed by atoms with Crippen molar-refractivity contribution in [1.29, 1.82) is 0 Å². The number of rotatable bonds is 4. The Morgan fingerprint density at radius 1 is 1.27 bits per heavy atom. The molecule has 2 aliphatic rings. The van der Waals surface area contributed by atoms with Crippen LogP contribution in [0.25, 0.3) is 0 Å². The minimum Gasteiger partial charge on any atom is -0.390 e. The van der Waals surface area contributed by atoms with E-state index in [1.807, 2.05) is 0 Å². The van der Waals surface area contributed by atoms with Gasteiger partial charge < -0.3 is 15.2 Å². The number of aliphatic hydroxyl groups excluding tert-OH is 1. The van der Waals surface area contributed by atoms with Crippen molar-refractivity contribution in [1.82, 2.24) is 4.98 Å². The lowest BCUT2D eigenvalue weighted by atomic mass is 9.68. The molecule has 4 rings (SSSR count). The van der Waals surface area contributed by atoms with E-state index >= 15 is 0 Å². The van der Waals surface area contributed by atoms with E-state index in [-0.39, 0.29) is 24.9 Å². The Morgan fingerprint density at radius 3 is 2.60 bits per heavy atom. The van der Waals surface area contributed by atoms with E-state index in [1.165, 1.54) is 12.3 Å². The molecule has 2 bridgehead atoms. The maximum atomic E-state index is 13.9. The zero-order chi connectivity index (χ0) is 21.7. The number of benzene rings is 1. The van der Waals surface area contributed by atoms with Crippen LogP contribution in [-0.4, -0.2) is 34.3 Å². The van der Waals surface area contributed by atoms with Crippen LogP contribution in [-0.2, 0) is 22.1 Å². The number of aromatic nitrogens is 1. The van der Waals surface area contributed by atoms with E-state index in [0.29, 0.717) is 17.7 Å². The molecule has 3 heterocycles. The zero-order valence-electron chi connectivity index (χ0n) is 15.4. The highest BCUT2D eigenvalue weighted by Gasteiger charge is 2.60. The molecule has 4 atom stereocenters. The Hall–Kier alpha value is -2.59. The number of anilines is 1. The second kappa shape index (κ2) is 7.28. The molecule has 2 aromatic rings. The van der Waals surface area contributed by atoms with Crippen molar-refractivity contribution in [2.45, 2.75) is 43.8 Å². The van der Waals surface area contributed by atoms with Crippen LogP contribution in [0.5, 0.6) is 0 Å². The molecule has 160 valence electrons. The molecule has 0 unspecified atom stereocenters. The average Bonchev–Trinajstić information content (AvgIpc) is 3.18. The van der Waals surface area contributed by atoms with Crippen LogP contribution in [0.15, 0.2) is 36.5 Å². The average molecular weight is 428 g/mol. The normalized spacial score (nSPS) is 28.0. The Kier molecular flexibility index (Phi) is 5.01. The summed E-state index contributed by atoms with van der Waals surface area (Å²) in [4.78, 5) is 16.7. The molecule has 2 N–H and O–H groups in total. The van der Waals surface area contributed by atoms with Crippen LogP contribution < -0.4 is 5.32 Å². The van der Waals surface area contributed by atoms with Gasteiger partial charge in [0.1, 0.15) is 5.82 Å². The highest BCUT2D eigenvalue weighted by Crippen LogP contribution is 2.50. The summed E-state index contributed by atoms with van der Waals surface area (Å²) in [5.74, 6) is -2.83. The number of carbonyl (C=O) groups is 1. The van der Waals surface area contributed by atoms with Gasteiger partial charge in [-0.05, 0) is 48.7 Å². The van der Waals surface area contributed by atoms with E-state index in [0.717, 1.165) is 6.07 Å². The predicted octanol–water partition coefficient (Wildman–Crippen LogP) is 3.47. The van der Waals surface area contributed by atoms with E-state index in [1.54, 1.807) is 6.07 Å². The minimum absolute atomic E-state index is 0.0648. The molecule has 0 saturated carbocycles. The standard InChI is InChI=1S/C20H17F5N2O3/c21-13-6-11(1-2-12(13)20(23,24)25)27-18(29)19(8-10-3-4-26-17(22)5-10)9-15-14(28)7-16(19)30-15/h1-6,14-16,28H,7-9H2,(H,27,29)/t14-,15+,16+,19-/m0/s1. The third-order valence-corrected chi connectivity index (χ3v) is 5.70.